The predicted octanol–water partition coefficient (Wildman–Crippen LogP) is 1.66. The fraction of sp³-hybridized carbons (Fsp3) is 0.429. The van der Waals surface area contributed by atoms with E-state index in [4.69, 9.17) is 5.84 Å². The number of aryl methyl sites for hydroxylation is 3. The van der Waals surface area contributed by atoms with Gasteiger partial charge in [0.05, 0.1) is 11.7 Å². The maximum Gasteiger partial charge on any atom is 0.0596 e. The maximum absolute atomic E-state index is 5.71. The van der Waals surface area contributed by atoms with Crippen molar-refractivity contribution in [2.75, 3.05) is 0 Å². The largest absolute Gasteiger partial charge is 0.271 e. The van der Waals surface area contributed by atoms with Gasteiger partial charge in [0.15, 0.2) is 0 Å². The first-order valence-corrected chi connectivity index (χ1v) is 6.55. The molecule has 1 atom stereocenters. The molecule has 0 aliphatic carbocycles. The maximum atomic E-state index is 5.71. The Morgan fingerprint density at radius 1 is 1.42 bits per heavy atom. The Balaban J connectivity index is 2.26. The van der Waals surface area contributed by atoms with E-state index in [0.29, 0.717) is 0 Å². The Bertz CT molecular complexity index is 547. The summed E-state index contributed by atoms with van der Waals surface area (Å²) < 4.78 is 2.02. The van der Waals surface area contributed by atoms with E-state index in [9.17, 15) is 0 Å². The van der Waals surface area contributed by atoms with E-state index in [2.05, 4.69) is 35.4 Å². The first kappa shape index (κ1) is 13.7. The summed E-state index contributed by atoms with van der Waals surface area (Å²) in [6.45, 7) is 7.04. The number of pyridine rings is 1. The monoisotopic (exact) mass is 259 g/mol. The second kappa shape index (κ2) is 5.95. The molecule has 102 valence electrons. The van der Waals surface area contributed by atoms with Crippen LogP contribution in [-0.4, -0.2) is 14.8 Å². The van der Waals surface area contributed by atoms with Crippen molar-refractivity contribution in [3.63, 3.8) is 0 Å². The Labute approximate surface area is 113 Å². The highest BCUT2D eigenvalue weighted by molar-refractivity contribution is 5.26. The van der Waals surface area contributed by atoms with Gasteiger partial charge < -0.3 is 0 Å². The van der Waals surface area contributed by atoms with Crippen LogP contribution in [0.3, 0.4) is 0 Å². The molecule has 2 heterocycles. The highest BCUT2D eigenvalue weighted by Crippen LogP contribution is 2.20. The minimum absolute atomic E-state index is 0.0510. The van der Waals surface area contributed by atoms with Gasteiger partial charge in [-0.15, -0.1) is 0 Å². The van der Waals surface area contributed by atoms with Crippen LogP contribution in [0.15, 0.2) is 24.5 Å². The topological polar surface area (TPSA) is 68.8 Å². The van der Waals surface area contributed by atoms with Crippen LogP contribution >= 0.6 is 0 Å². The van der Waals surface area contributed by atoms with Gasteiger partial charge in [0.25, 0.3) is 0 Å². The summed E-state index contributed by atoms with van der Waals surface area (Å²) in [7, 11) is 0. The Morgan fingerprint density at radius 2 is 2.21 bits per heavy atom. The molecule has 5 heteroatoms. The molecular weight excluding hydrogens is 238 g/mol. The number of hydrogen-bond donors (Lipinski definition) is 2. The van der Waals surface area contributed by atoms with Crippen LogP contribution in [0, 0.1) is 13.8 Å². The molecule has 2 aromatic heterocycles. The molecule has 0 saturated carbocycles. The standard InChI is InChI=1S/C14H21N5/c1-4-19-12(7-11(3)18-19)8-14(17-15)13-9-16-6-5-10(13)2/h5-7,9,14,17H,4,8,15H2,1-3H3. The van der Waals surface area contributed by atoms with Gasteiger partial charge in [-0.1, -0.05) is 0 Å². The quantitative estimate of drug-likeness (QED) is 0.633. The number of nitrogens with zero attached hydrogens (tertiary/aromatic N) is 3. The van der Waals surface area contributed by atoms with Crippen LogP contribution < -0.4 is 11.3 Å². The lowest BCUT2D eigenvalue weighted by molar-refractivity contribution is 0.514. The summed E-state index contributed by atoms with van der Waals surface area (Å²) in [5.74, 6) is 5.71. The number of nitrogens with two attached hydrogens (primary N) is 1. The van der Waals surface area contributed by atoms with Crippen LogP contribution in [0.25, 0.3) is 0 Å². The summed E-state index contributed by atoms with van der Waals surface area (Å²) in [6.07, 6.45) is 4.48. The molecule has 2 rings (SSSR count). The number of rotatable bonds is 5. The normalized spacial score (nSPS) is 12.6. The molecule has 0 aliphatic heterocycles. The second-order valence-corrected chi connectivity index (χ2v) is 4.75. The smallest absolute Gasteiger partial charge is 0.0596 e. The van der Waals surface area contributed by atoms with Crippen molar-refractivity contribution in [1.82, 2.24) is 20.2 Å². The van der Waals surface area contributed by atoms with Crippen molar-refractivity contribution in [2.24, 2.45) is 5.84 Å². The molecule has 2 aromatic rings. The predicted molar refractivity (Wildman–Crippen MR) is 75.4 cm³/mol. The SMILES string of the molecule is CCn1nc(C)cc1CC(NN)c1cnccc1C. The lowest BCUT2D eigenvalue weighted by atomic mass is 10.00. The van der Waals surface area contributed by atoms with Crippen molar-refractivity contribution >= 4 is 0 Å². The molecule has 0 spiro atoms. The zero-order valence-corrected chi connectivity index (χ0v) is 11.7. The first-order chi connectivity index (χ1) is 9.15. The number of hydrogen-bond acceptors (Lipinski definition) is 4. The lowest BCUT2D eigenvalue weighted by Crippen LogP contribution is -2.30. The summed E-state index contributed by atoms with van der Waals surface area (Å²) >= 11 is 0. The van der Waals surface area contributed by atoms with Crippen LogP contribution in [0.4, 0.5) is 0 Å². The molecule has 1 unspecified atom stereocenters. The second-order valence-electron chi connectivity index (χ2n) is 4.75. The minimum atomic E-state index is 0.0510. The van der Waals surface area contributed by atoms with Crippen LogP contribution in [-0.2, 0) is 13.0 Å². The van der Waals surface area contributed by atoms with Gasteiger partial charge >= 0.3 is 0 Å². The number of hydrazine groups is 1. The van der Waals surface area contributed by atoms with Crippen molar-refractivity contribution < 1.29 is 0 Å². The average molecular weight is 259 g/mol. The van der Waals surface area contributed by atoms with Gasteiger partial charge in [-0.3, -0.25) is 20.9 Å². The van der Waals surface area contributed by atoms with Crippen LogP contribution in [0.5, 0.6) is 0 Å². The van der Waals surface area contributed by atoms with Gasteiger partial charge in [0.1, 0.15) is 0 Å². The van der Waals surface area contributed by atoms with E-state index in [0.717, 1.165) is 24.2 Å². The molecule has 5 nitrogen and oxygen atoms in total. The van der Waals surface area contributed by atoms with Crippen molar-refractivity contribution in [3.8, 4) is 0 Å². The minimum Gasteiger partial charge on any atom is -0.271 e. The number of nitrogens with one attached hydrogen (secondary N) is 1. The van der Waals surface area contributed by atoms with Gasteiger partial charge in [-0.25, -0.2) is 0 Å². The summed E-state index contributed by atoms with van der Waals surface area (Å²) in [5, 5.41) is 4.47. The van der Waals surface area contributed by atoms with E-state index in [1.165, 1.54) is 11.3 Å². The first-order valence-electron chi connectivity index (χ1n) is 6.55. The van der Waals surface area contributed by atoms with E-state index in [1.54, 1.807) is 6.20 Å². The van der Waals surface area contributed by atoms with Crippen LogP contribution in [0.1, 0.15) is 35.5 Å². The molecule has 3 N–H and O–H groups in total. The lowest BCUT2D eigenvalue weighted by Gasteiger charge is -2.18. The van der Waals surface area contributed by atoms with Crippen molar-refractivity contribution in [1.29, 1.82) is 0 Å². The molecule has 0 aromatic carbocycles. The zero-order chi connectivity index (χ0) is 13.8. The fourth-order valence-electron chi connectivity index (χ4n) is 2.35. The molecule has 0 amide bonds. The molecule has 0 radical (unpaired) electrons. The van der Waals surface area contributed by atoms with Gasteiger partial charge in [0.2, 0.25) is 0 Å². The average Bonchev–Trinajstić information content (AvgIpc) is 2.77. The third-order valence-electron chi connectivity index (χ3n) is 3.35. The summed E-state index contributed by atoms with van der Waals surface area (Å²) in [4.78, 5) is 4.19. The van der Waals surface area contributed by atoms with Crippen molar-refractivity contribution in [3.05, 3.63) is 47.0 Å². The molecule has 0 saturated heterocycles. The molecular formula is C14H21N5. The Morgan fingerprint density at radius 3 is 2.84 bits per heavy atom. The molecule has 0 aliphatic rings. The summed E-state index contributed by atoms with van der Waals surface area (Å²) in [6, 6.07) is 4.16. The van der Waals surface area contributed by atoms with Gasteiger partial charge in [-0.05, 0) is 44.0 Å². The van der Waals surface area contributed by atoms with Crippen molar-refractivity contribution in [2.45, 2.75) is 39.8 Å². The van der Waals surface area contributed by atoms with Gasteiger partial charge in [0, 0.05) is 31.1 Å². The summed E-state index contributed by atoms with van der Waals surface area (Å²) in [5.41, 5.74) is 7.43. The van der Waals surface area contributed by atoms with E-state index >= 15 is 0 Å². The van der Waals surface area contributed by atoms with E-state index < -0.39 is 0 Å². The van der Waals surface area contributed by atoms with Gasteiger partial charge in [-0.2, -0.15) is 5.10 Å². The van der Waals surface area contributed by atoms with E-state index in [1.807, 2.05) is 23.9 Å². The van der Waals surface area contributed by atoms with Crippen LogP contribution in [0.2, 0.25) is 0 Å². The molecule has 0 bridgehead atoms. The Hall–Kier alpha value is -1.72. The highest BCUT2D eigenvalue weighted by Gasteiger charge is 2.16. The third kappa shape index (κ3) is 3.00. The highest BCUT2D eigenvalue weighted by atomic mass is 15.3. The Kier molecular flexibility index (Phi) is 4.29. The fourth-order valence-corrected chi connectivity index (χ4v) is 2.35. The van der Waals surface area contributed by atoms with E-state index in [-0.39, 0.29) is 6.04 Å². The third-order valence-corrected chi connectivity index (χ3v) is 3.35. The molecule has 19 heavy (non-hydrogen) atoms. The molecule has 0 fully saturated rings. The number of aromatic nitrogens is 3. The zero-order valence-electron chi connectivity index (χ0n) is 11.7.